The van der Waals surface area contributed by atoms with E-state index in [2.05, 4.69) is 13.0 Å². The van der Waals surface area contributed by atoms with Crippen LogP contribution in [0.15, 0.2) is 9.95 Å². The first kappa shape index (κ1) is 19.0. The van der Waals surface area contributed by atoms with Crippen LogP contribution in [0.1, 0.15) is 49.5 Å². The number of aryl methyl sites for hydroxylation is 1. The molecule has 2 unspecified atom stereocenters. The molecule has 2 aliphatic rings. The number of nitrogens with zero attached hydrogens (tertiary/aromatic N) is 3. The van der Waals surface area contributed by atoms with Gasteiger partial charge in [0.25, 0.3) is 5.56 Å². The average Bonchev–Trinajstić information content (AvgIpc) is 3.28. The van der Waals surface area contributed by atoms with Gasteiger partial charge in [0.1, 0.15) is 4.83 Å². The fourth-order valence-corrected chi connectivity index (χ4v) is 6.35. The lowest BCUT2D eigenvalue weighted by atomic mass is 9.89. The van der Waals surface area contributed by atoms with E-state index in [-0.39, 0.29) is 11.7 Å². The highest BCUT2D eigenvalue weighted by molar-refractivity contribution is 7.99. The van der Waals surface area contributed by atoms with Crippen LogP contribution in [-0.4, -0.2) is 28.0 Å². The number of hydrogen-bond acceptors (Lipinski definition) is 6. The van der Waals surface area contributed by atoms with Crippen LogP contribution in [-0.2, 0) is 24.1 Å². The number of thioether (sulfide) groups is 1. The minimum Gasteiger partial charge on any atom is -0.376 e. The Hall–Kier alpha value is -1.36. The van der Waals surface area contributed by atoms with E-state index in [0.717, 1.165) is 66.3 Å². The van der Waals surface area contributed by atoms with Crippen LogP contribution in [0.25, 0.3) is 10.2 Å². The normalized spacial score (nSPS) is 22.1. The third-order valence-corrected chi connectivity index (χ3v) is 7.67. The van der Waals surface area contributed by atoms with E-state index in [1.807, 2.05) is 4.57 Å². The molecular formula is C20H25N3O2S2. The number of rotatable bonds is 6. The number of unbranched alkanes of at least 4 members (excludes halogenated alkanes) is 1. The summed E-state index contributed by atoms with van der Waals surface area (Å²) in [6, 6.07) is 2.19. The summed E-state index contributed by atoms with van der Waals surface area (Å²) >= 11 is 3.30. The van der Waals surface area contributed by atoms with Crippen molar-refractivity contribution in [2.45, 2.75) is 69.7 Å². The van der Waals surface area contributed by atoms with Crippen molar-refractivity contribution in [1.29, 1.82) is 5.26 Å². The lowest BCUT2D eigenvalue weighted by Crippen LogP contribution is -2.29. The molecule has 1 aliphatic carbocycles. The predicted molar refractivity (Wildman–Crippen MR) is 110 cm³/mol. The summed E-state index contributed by atoms with van der Waals surface area (Å²) in [7, 11) is 0. The molecule has 2 aromatic rings. The highest BCUT2D eigenvalue weighted by atomic mass is 32.2. The van der Waals surface area contributed by atoms with E-state index in [1.54, 1.807) is 23.1 Å². The van der Waals surface area contributed by atoms with Gasteiger partial charge < -0.3 is 4.74 Å². The number of aromatic nitrogens is 2. The van der Waals surface area contributed by atoms with E-state index in [4.69, 9.17) is 15.0 Å². The Bertz CT molecular complexity index is 922. The summed E-state index contributed by atoms with van der Waals surface area (Å²) in [5.74, 6) is 1.48. The van der Waals surface area contributed by atoms with Gasteiger partial charge in [-0.2, -0.15) is 5.26 Å². The van der Waals surface area contributed by atoms with Crippen molar-refractivity contribution < 1.29 is 4.74 Å². The maximum absolute atomic E-state index is 13.4. The monoisotopic (exact) mass is 403 g/mol. The number of ether oxygens (including phenoxy) is 1. The van der Waals surface area contributed by atoms with Gasteiger partial charge in [-0.1, -0.05) is 18.7 Å². The molecule has 0 bridgehead atoms. The van der Waals surface area contributed by atoms with Crippen LogP contribution in [0.4, 0.5) is 0 Å². The molecular weight excluding hydrogens is 378 g/mol. The van der Waals surface area contributed by atoms with Crippen molar-refractivity contribution in [3.63, 3.8) is 0 Å². The Balaban J connectivity index is 1.74. The molecule has 7 heteroatoms. The molecule has 27 heavy (non-hydrogen) atoms. The molecule has 1 aliphatic heterocycles. The molecule has 0 saturated carbocycles. The summed E-state index contributed by atoms with van der Waals surface area (Å²) < 4.78 is 7.64. The lowest BCUT2D eigenvalue weighted by Gasteiger charge is -2.18. The summed E-state index contributed by atoms with van der Waals surface area (Å²) in [4.78, 5) is 20.6. The van der Waals surface area contributed by atoms with Gasteiger partial charge in [-0.15, -0.1) is 11.3 Å². The van der Waals surface area contributed by atoms with E-state index < -0.39 is 0 Å². The Kier molecular flexibility index (Phi) is 5.86. The van der Waals surface area contributed by atoms with Crippen LogP contribution < -0.4 is 5.56 Å². The quantitative estimate of drug-likeness (QED) is 0.412. The second-order valence-electron chi connectivity index (χ2n) is 7.59. The molecule has 0 aromatic carbocycles. The molecule has 0 N–H and O–H groups in total. The SMILES string of the molecule is CC1CCc2c(sc3nc(SCCCC#N)n(CC4CCCO4)c(=O)c23)C1. The first-order chi connectivity index (χ1) is 13.2. The molecule has 2 aromatic heterocycles. The van der Waals surface area contributed by atoms with Crippen molar-refractivity contribution in [1.82, 2.24) is 9.55 Å². The van der Waals surface area contributed by atoms with Crippen LogP contribution in [0.3, 0.4) is 0 Å². The zero-order valence-corrected chi connectivity index (χ0v) is 17.3. The summed E-state index contributed by atoms with van der Waals surface area (Å²) in [6.07, 6.45) is 6.72. The fraction of sp³-hybridized carbons (Fsp3) is 0.650. The number of fused-ring (bicyclic) bond motifs is 3. The van der Waals surface area contributed by atoms with Gasteiger partial charge >= 0.3 is 0 Å². The molecule has 144 valence electrons. The first-order valence-electron chi connectivity index (χ1n) is 9.83. The van der Waals surface area contributed by atoms with Crippen molar-refractivity contribution >= 4 is 33.3 Å². The lowest BCUT2D eigenvalue weighted by molar-refractivity contribution is 0.0937. The predicted octanol–water partition coefficient (Wildman–Crippen LogP) is 4.16. The summed E-state index contributed by atoms with van der Waals surface area (Å²) in [6.45, 7) is 3.65. The zero-order valence-electron chi connectivity index (χ0n) is 15.7. The van der Waals surface area contributed by atoms with Crippen LogP contribution >= 0.6 is 23.1 Å². The molecule has 1 saturated heterocycles. The molecule has 4 rings (SSSR count). The van der Waals surface area contributed by atoms with Crippen molar-refractivity contribution in [3.05, 3.63) is 20.8 Å². The fourth-order valence-electron chi connectivity index (χ4n) is 3.98. The molecule has 3 heterocycles. The van der Waals surface area contributed by atoms with Gasteiger partial charge in [0, 0.05) is 23.7 Å². The molecule has 0 radical (unpaired) electrons. The van der Waals surface area contributed by atoms with E-state index in [1.165, 1.54) is 10.4 Å². The van der Waals surface area contributed by atoms with Crippen molar-refractivity contribution in [3.8, 4) is 6.07 Å². The zero-order chi connectivity index (χ0) is 18.8. The minimum atomic E-state index is 0.102. The van der Waals surface area contributed by atoms with E-state index in [9.17, 15) is 4.79 Å². The largest absolute Gasteiger partial charge is 0.376 e. The maximum atomic E-state index is 13.4. The van der Waals surface area contributed by atoms with Gasteiger partial charge in [-0.25, -0.2) is 4.98 Å². The molecule has 0 amide bonds. The van der Waals surface area contributed by atoms with Crippen LogP contribution in [0.2, 0.25) is 0 Å². The van der Waals surface area contributed by atoms with Crippen LogP contribution in [0, 0.1) is 17.2 Å². The Morgan fingerprint density at radius 2 is 2.33 bits per heavy atom. The molecule has 0 spiro atoms. The highest BCUT2D eigenvalue weighted by Crippen LogP contribution is 2.36. The smallest absolute Gasteiger partial charge is 0.263 e. The number of thiophene rings is 1. The summed E-state index contributed by atoms with van der Waals surface area (Å²) in [5.41, 5.74) is 1.35. The van der Waals surface area contributed by atoms with Gasteiger partial charge in [-0.3, -0.25) is 9.36 Å². The minimum absolute atomic E-state index is 0.102. The Morgan fingerprint density at radius 1 is 1.44 bits per heavy atom. The third kappa shape index (κ3) is 3.94. The van der Waals surface area contributed by atoms with Gasteiger partial charge in [0.05, 0.1) is 24.1 Å². The second kappa shape index (κ2) is 8.34. The van der Waals surface area contributed by atoms with E-state index >= 15 is 0 Å². The third-order valence-electron chi connectivity index (χ3n) is 5.45. The molecule has 2 atom stereocenters. The summed E-state index contributed by atoms with van der Waals surface area (Å²) in [5, 5.41) is 10.4. The van der Waals surface area contributed by atoms with Crippen molar-refractivity contribution in [2.24, 2.45) is 5.92 Å². The van der Waals surface area contributed by atoms with Gasteiger partial charge in [0.15, 0.2) is 5.16 Å². The standard InChI is InChI=1S/C20H25N3O2S2/c1-13-6-7-15-16(11-13)27-18-17(15)19(24)23(12-14-5-4-9-25-14)20(22-18)26-10-3-2-8-21/h13-14H,2-7,9-12H2,1H3. The average molecular weight is 404 g/mol. The topological polar surface area (TPSA) is 67.9 Å². The van der Waals surface area contributed by atoms with Crippen LogP contribution in [0.5, 0.6) is 0 Å². The van der Waals surface area contributed by atoms with Gasteiger partial charge in [-0.05, 0) is 50.0 Å². The van der Waals surface area contributed by atoms with E-state index in [0.29, 0.717) is 18.9 Å². The number of hydrogen-bond donors (Lipinski definition) is 0. The van der Waals surface area contributed by atoms with Crippen molar-refractivity contribution in [2.75, 3.05) is 12.4 Å². The second-order valence-corrected chi connectivity index (χ2v) is 9.73. The highest BCUT2D eigenvalue weighted by Gasteiger charge is 2.26. The Labute approximate surface area is 167 Å². The molecule has 5 nitrogen and oxygen atoms in total. The Morgan fingerprint density at radius 3 is 3.11 bits per heavy atom. The van der Waals surface area contributed by atoms with Gasteiger partial charge in [0.2, 0.25) is 0 Å². The number of nitriles is 1. The first-order valence-corrected chi connectivity index (χ1v) is 11.6. The maximum Gasteiger partial charge on any atom is 0.263 e. The molecule has 1 fully saturated rings.